The SMILES string of the molecule is COC(=O)CCN(C)C(=O)c1ccn[nH]1. The topological polar surface area (TPSA) is 75.3 Å². The number of aromatic nitrogens is 2. The van der Waals surface area contributed by atoms with E-state index in [0.29, 0.717) is 12.2 Å². The van der Waals surface area contributed by atoms with Crippen LogP contribution in [0, 0.1) is 0 Å². The first-order valence-corrected chi connectivity index (χ1v) is 4.47. The Morgan fingerprint density at radius 3 is 2.87 bits per heavy atom. The molecule has 0 radical (unpaired) electrons. The van der Waals surface area contributed by atoms with E-state index in [1.54, 1.807) is 13.1 Å². The summed E-state index contributed by atoms with van der Waals surface area (Å²) in [6.07, 6.45) is 1.69. The van der Waals surface area contributed by atoms with Crippen LogP contribution in [-0.2, 0) is 9.53 Å². The highest BCUT2D eigenvalue weighted by molar-refractivity contribution is 5.92. The maximum Gasteiger partial charge on any atom is 0.307 e. The predicted octanol–water partition coefficient (Wildman–Crippen LogP) is 0.0448. The molecule has 0 fully saturated rings. The minimum absolute atomic E-state index is 0.187. The van der Waals surface area contributed by atoms with Crippen LogP contribution < -0.4 is 0 Å². The summed E-state index contributed by atoms with van der Waals surface area (Å²) < 4.78 is 4.47. The number of rotatable bonds is 4. The largest absolute Gasteiger partial charge is 0.469 e. The van der Waals surface area contributed by atoms with Gasteiger partial charge < -0.3 is 9.64 Å². The van der Waals surface area contributed by atoms with E-state index in [1.165, 1.54) is 18.2 Å². The maximum absolute atomic E-state index is 11.6. The van der Waals surface area contributed by atoms with Gasteiger partial charge in [0.25, 0.3) is 5.91 Å². The summed E-state index contributed by atoms with van der Waals surface area (Å²) in [6, 6.07) is 1.58. The second-order valence-electron chi connectivity index (χ2n) is 3.02. The zero-order chi connectivity index (χ0) is 11.3. The normalized spacial score (nSPS) is 9.73. The Balaban J connectivity index is 2.44. The minimum Gasteiger partial charge on any atom is -0.469 e. The Kier molecular flexibility index (Phi) is 3.84. The number of ether oxygens (including phenoxy) is 1. The Morgan fingerprint density at radius 1 is 1.60 bits per heavy atom. The van der Waals surface area contributed by atoms with Gasteiger partial charge in [-0.3, -0.25) is 14.7 Å². The van der Waals surface area contributed by atoms with Crippen molar-refractivity contribution in [1.29, 1.82) is 0 Å². The first-order chi connectivity index (χ1) is 7.15. The highest BCUT2D eigenvalue weighted by Crippen LogP contribution is 1.99. The highest BCUT2D eigenvalue weighted by Gasteiger charge is 2.13. The van der Waals surface area contributed by atoms with Gasteiger partial charge in [0.1, 0.15) is 5.69 Å². The molecule has 0 spiro atoms. The van der Waals surface area contributed by atoms with Crippen LogP contribution in [0.5, 0.6) is 0 Å². The summed E-state index contributed by atoms with van der Waals surface area (Å²) in [4.78, 5) is 23.9. The van der Waals surface area contributed by atoms with Crippen LogP contribution >= 0.6 is 0 Å². The molecule has 0 saturated heterocycles. The lowest BCUT2D eigenvalue weighted by Crippen LogP contribution is -2.29. The summed E-state index contributed by atoms with van der Waals surface area (Å²) in [5.74, 6) is -0.532. The van der Waals surface area contributed by atoms with Gasteiger partial charge in [0, 0.05) is 19.8 Å². The average Bonchev–Trinajstić information content (AvgIpc) is 2.77. The number of H-pyrrole nitrogens is 1. The summed E-state index contributed by atoms with van der Waals surface area (Å²) >= 11 is 0. The Labute approximate surface area is 87.2 Å². The fourth-order valence-corrected chi connectivity index (χ4v) is 1.04. The van der Waals surface area contributed by atoms with E-state index in [2.05, 4.69) is 14.9 Å². The summed E-state index contributed by atoms with van der Waals surface area (Å²) in [5, 5.41) is 6.23. The molecule has 6 nitrogen and oxygen atoms in total. The lowest BCUT2D eigenvalue weighted by Gasteiger charge is -2.14. The molecule has 0 bridgehead atoms. The van der Waals surface area contributed by atoms with Gasteiger partial charge in [0.2, 0.25) is 0 Å². The van der Waals surface area contributed by atoms with Gasteiger partial charge in [-0.15, -0.1) is 0 Å². The molecule has 0 saturated carbocycles. The second-order valence-corrected chi connectivity index (χ2v) is 3.02. The molecular formula is C9H13N3O3. The van der Waals surface area contributed by atoms with Crippen molar-refractivity contribution < 1.29 is 14.3 Å². The van der Waals surface area contributed by atoms with E-state index in [0.717, 1.165) is 0 Å². The Bertz CT molecular complexity index is 334. The van der Waals surface area contributed by atoms with Crippen molar-refractivity contribution in [3.8, 4) is 0 Å². The molecule has 0 aromatic carbocycles. The molecule has 0 atom stereocenters. The van der Waals surface area contributed by atoms with Crippen molar-refractivity contribution in [1.82, 2.24) is 15.1 Å². The molecule has 1 aromatic heterocycles. The zero-order valence-electron chi connectivity index (χ0n) is 8.69. The minimum atomic E-state index is -0.334. The van der Waals surface area contributed by atoms with Gasteiger partial charge in [-0.2, -0.15) is 5.10 Å². The third-order valence-corrected chi connectivity index (χ3v) is 1.96. The Morgan fingerprint density at radius 2 is 2.33 bits per heavy atom. The molecule has 0 unspecified atom stereocenters. The number of hydrogen-bond acceptors (Lipinski definition) is 4. The highest BCUT2D eigenvalue weighted by atomic mass is 16.5. The predicted molar refractivity (Wildman–Crippen MR) is 52.2 cm³/mol. The number of carbonyl (C=O) groups is 2. The number of methoxy groups -OCH3 is 1. The molecular weight excluding hydrogens is 198 g/mol. The van der Waals surface area contributed by atoms with Gasteiger partial charge in [-0.05, 0) is 6.07 Å². The molecule has 1 N–H and O–H groups in total. The molecule has 0 aliphatic carbocycles. The quantitative estimate of drug-likeness (QED) is 0.714. The zero-order valence-corrected chi connectivity index (χ0v) is 8.69. The summed E-state index contributed by atoms with van der Waals surface area (Å²) in [5.41, 5.74) is 0.405. The van der Waals surface area contributed by atoms with E-state index in [-0.39, 0.29) is 18.3 Å². The molecule has 82 valence electrons. The fourth-order valence-electron chi connectivity index (χ4n) is 1.04. The van der Waals surface area contributed by atoms with Crippen molar-refractivity contribution in [3.05, 3.63) is 18.0 Å². The van der Waals surface area contributed by atoms with Gasteiger partial charge in [-0.25, -0.2) is 0 Å². The number of aromatic amines is 1. The second kappa shape index (κ2) is 5.14. The van der Waals surface area contributed by atoms with Crippen LogP contribution in [0.4, 0.5) is 0 Å². The molecule has 1 rings (SSSR count). The van der Waals surface area contributed by atoms with Crippen LogP contribution in [0.15, 0.2) is 12.3 Å². The van der Waals surface area contributed by atoms with Gasteiger partial charge in [0.05, 0.1) is 13.5 Å². The monoisotopic (exact) mass is 211 g/mol. The van der Waals surface area contributed by atoms with Crippen LogP contribution in [0.2, 0.25) is 0 Å². The van der Waals surface area contributed by atoms with E-state index < -0.39 is 0 Å². The van der Waals surface area contributed by atoms with Crippen molar-refractivity contribution in [2.75, 3.05) is 20.7 Å². The number of nitrogens with one attached hydrogen (secondary N) is 1. The van der Waals surface area contributed by atoms with Crippen molar-refractivity contribution >= 4 is 11.9 Å². The molecule has 1 heterocycles. The molecule has 0 aliphatic heterocycles. The van der Waals surface area contributed by atoms with Crippen LogP contribution in [0.1, 0.15) is 16.9 Å². The van der Waals surface area contributed by atoms with Crippen LogP contribution in [-0.4, -0.2) is 47.7 Å². The summed E-state index contributed by atoms with van der Waals surface area (Å²) in [6.45, 7) is 0.324. The molecule has 15 heavy (non-hydrogen) atoms. The standard InChI is InChI=1S/C9H13N3O3/c1-12(6-4-8(13)15-2)9(14)7-3-5-10-11-7/h3,5H,4,6H2,1-2H3,(H,10,11). The summed E-state index contributed by atoms with van der Waals surface area (Å²) in [7, 11) is 2.94. The van der Waals surface area contributed by atoms with Gasteiger partial charge in [0.15, 0.2) is 0 Å². The molecule has 0 aliphatic rings. The molecule has 1 amide bonds. The molecule has 6 heteroatoms. The third kappa shape index (κ3) is 3.08. The number of nitrogens with zero attached hydrogens (tertiary/aromatic N) is 2. The lowest BCUT2D eigenvalue weighted by molar-refractivity contribution is -0.140. The lowest BCUT2D eigenvalue weighted by atomic mass is 10.3. The number of esters is 1. The third-order valence-electron chi connectivity index (χ3n) is 1.96. The fraction of sp³-hybridized carbons (Fsp3) is 0.444. The maximum atomic E-state index is 11.6. The first-order valence-electron chi connectivity index (χ1n) is 4.47. The van der Waals surface area contributed by atoms with Crippen molar-refractivity contribution in [2.24, 2.45) is 0 Å². The van der Waals surface area contributed by atoms with E-state index in [9.17, 15) is 9.59 Å². The van der Waals surface area contributed by atoms with Gasteiger partial charge >= 0.3 is 5.97 Å². The number of carbonyl (C=O) groups excluding carboxylic acids is 2. The van der Waals surface area contributed by atoms with Crippen LogP contribution in [0.3, 0.4) is 0 Å². The number of amides is 1. The first kappa shape index (κ1) is 11.2. The molecule has 1 aromatic rings. The smallest absolute Gasteiger partial charge is 0.307 e. The van der Waals surface area contributed by atoms with Gasteiger partial charge in [-0.1, -0.05) is 0 Å². The van der Waals surface area contributed by atoms with Crippen molar-refractivity contribution in [3.63, 3.8) is 0 Å². The van der Waals surface area contributed by atoms with Crippen molar-refractivity contribution in [2.45, 2.75) is 6.42 Å². The number of hydrogen-bond donors (Lipinski definition) is 1. The average molecular weight is 211 g/mol. The van der Waals surface area contributed by atoms with E-state index in [1.807, 2.05) is 0 Å². The van der Waals surface area contributed by atoms with Crippen LogP contribution in [0.25, 0.3) is 0 Å². The Hall–Kier alpha value is -1.85. The van der Waals surface area contributed by atoms with E-state index >= 15 is 0 Å². The van der Waals surface area contributed by atoms with E-state index in [4.69, 9.17) is 0 Å².